The molecule has 0 bridgehead atoms. The summed E-state index contributed by atoms with van der Waals surface area (Å²) in [5, 5.41) is 6.71. The van der Waals surface area contributed by atoms with Gasteiger partial charge in [0.25, 0.3) is 11.8 Å². The molecule has 6 nitrogen and oxygen atoms in total. The van der Waals surface area contributed by atoms with E-state index in [4.69, 9.17) is 5.73 Å². The van der Waals surface area contributed by atoms with E-state index in [1.807, 2.05) is 6.92 Å². The first kappa shape index (κ1) is 20.7. The molecule has 2 atom stereocenters. The zero-order chi connectivity index (χ0) is 21.2. The lowest BCUT2D eigenvalue weighted by Crippen LogP contribution is -2.59. The van der Waals surface area contributed by atoms with Crippen molar-refractivity contribution in [3.8, 4) is 11.3 Å². The molecule has 1 aliphatic rings. The Balaban J connectivity index is 1.89. The number of nitrogens with one attached hydrogen (secondary N) is 2. The van der Waals surface area contributed by atoms with E-state index >= 15 is 0 Å². The van der Waals surface area contributed by atoms with Crippen LogP contribution in [-0.4, -0.2) is 38.7 Å². The van der Waals surface area contributed by atoms with E-state index in [1.54, 1.807) is 41.4 Å². The van der Waals surface area contributed by atoms with Crippen LogP contribution in [0.25, 0.3) is 23.5 Å². The Morgan fingerprint density at radius 3 is 2.90 bits per heavy atom. The van der Waals surface area contributed by atoms with Crippen molar-refractivity contribution in [2.45, 2.75) is 44.2 Å². The van der Waals surface area contributed by atoms with E-state index in [0.717, 1.165) is 11.3 Å². The van der Waals surface area contributed by atoms with Crippen LogP contribution < -0.4 is 11.1 Å². The molecule has 2 unspecified atom stereocenters. The van der Waals surface area contributed by atoms with Gasteiger partial charge in [0, 0.05) is 35.5 Å². The van der Waals surface area contributed by atoms with Crippen LogP contribution in [0.3, 0.4) is 0 Å². The third-order valence-corrected chi connectivity index (χ3v) is 5.21. The topological polar surface area (TPSA) is 88.7 Å². The molecule has 8 heteroatoms. The summed E-state index contributed by atoms with van der Waals surface area (Å²) in [6, 6.07) is -0.593. The van der Waals surface area contributed by atoms with Crippen LogP contribution in [0, 0.1) is 6.92 Å². The Bertz CT molecular complexity index is 956. The molecule has 1 fully saturated rings. The van der Waals surface area contributed by atoms with Crippen molar-refractivity contribution in [3.63, 3.8) is 0 Å². The largest absolute Gasteiger partial charge is 0.350 e. The predicted molar refractivity (Wildman–Crippen MR) is 110 cm³/mol. The highest BCUT2D eigenvalue weighted by molar-refractivity contribution is 5.95. The number of allylic oxidation sites excluding steroid dienone is 2. The third-order valence-electron chi connectivity index (χ3n) is 5.21. The molecule has 2 heterocycles. The quantitative estimate of drug-likeness (QED) is 0.645. The zero-order valence-electron chi connectivity index (χ0n) is 16.3. The number of amides is 1. The van der Waals surface area contributed by atoms with Crippen molar-refractivity contribution < 1.29 is 13.6 Å². The van der Waals surface area contributed by atoms with Gasteiger partial charge in [0.1, 0.15) is 11.7 Å². The normalized spacial score (nSPS) is 21.2. The van der Waals surface area contributed by atoms with Gasteiger partial charge in [-0.05, 0) is 31.9 Å². The summed E-state index contributed by atoms with van der Waals surface area (Å²) in [4.78, 5) is 15.7. The minimum absolute atomic E-state index is 0.164. The minimum atomic E-state index is -3.03. The summed E-state index contributed by atoms with van der Waals surface area (Å²) in [7, 11) is 0. The number of nitrogens with two attached hydrogens (primary N) is 1. The number of nitrogens with zero attached hydrogens (tertiary/aromatic N) is 2. The van der Waals surface area contributed by atoms with Crippen LogP contribution in [0.4, 0.5) is 8.78 Å². The SMILES string of the molecule is C=CC=Cn1ncc(-c2[nH]c(C(=O)NC3C(N)CCCC3(F)F)cc2C=C)c1C. The fourth-order valence-corrected chi connectivity index (χ4v) is 3.58. The number of aromatic amines is 1. The average Bonchev–Trinajstić information content (AvgIpc) is 3.26. The summed E-state index contributed by atoms with van der Waals surface area (Å²) in [5.74, 6) is -3.66. The zero-order valence-corrected chi connectivity index (χ0v) is 16.3. The fourth-order valence-electron chi connectivity index (χ4n) is 3.58. The number of halogens is 2. The smallest absolute Gasteiger partial charge is 0.269 e. The molecule has 0 aromatic carbocycles. The van der Waals surface area contributed by atoms with Gasteiger partial charge in [0.2, 0.25) is 0 Å². The second-order valence-corrected chi connectivity index (χ2v) is 7.15. The maximum Gasteiger partial charge on any atom is 0.269 e. The number of aromatic nitrogens is 3. The van der Waals surface area contributed by atoms with Crippen LogP contribution in [0.5, 0.6) is 0 Å². The van der Waals surface area contributed by atoms with Gasteiger partial charge in [-0.25, -0.2) is 13.5 Å². The van der Waals surface area contributed by atoms with Crippen molar-refractivity contribution in [1.29, 1.82) is 0 Å². The Morgan fingerprint density at radius 2 is 2.24 bits per heavy atom. The van der Waals surface area contributed by atoms with Gasteiger partial charge in [-0.1, -0.05) is 25.3 Å². The van der Waals surface area contributed by atoms with Crippen LogP contribution >= 0.6 is 0 Å². The highest BCUT2D eigenvalue weighted by Gasteiger charge is 2.46. The maximum atomic E-state index is 14.2. The number of hydrogen-bond donors (Lipinski definition) is 3. The van der Waals surface area contributed by atoms with E-state index in [9.17, 15) is 13.6 Å². The lowest BCUT2D eigenvalue weighted by atomic mass is 9.87. The second kappa shape index (κ2) is 8.16. The van der Waals surface area contributed by atoms with Crippen molar-refractivity contribution >= 4 is 18.2 Å². The van der Waals surface area contributed by atoms with Crippen LogP contribution in [-0.2, 0) is 0 Å². The standard InChI is InChI=1S/C21H25F2N5O/c1-4-6-10-28-13(3)15(12-25-28)18-14(5-2)11-17(26-18)20(29)27-19-16(24)8-7-9-21(19,22)23/h4-6,10-12,16,19,26H,1-2,7-9,24H2,3H3,(H,27,29). The van der Waals surface area contributed by atoms with Crippen LogP contribution in [0.2, 0.25) is 0 Å². The average molecular weight is 401 g/mol. The predicted octanol–water partition coefficient (Wildman–Crippen LogP) is 3.73. The number of carbonyl (C=O) groups excluding carboxylic acids is 1. The molecule has 154 valence electrons. The number of hydrogen-bond acceptors (Lipinski definition) is 3. The van der Waals surface area contributed by atoms with E-state index in [1.165, 1.54) is 0 Å². The first-order valence-corrected chi connectivity index (χ1v) is 9.42. The van der Waals surface area contributed by atoms with Gasteiger partial charge in [0.15, 0.2) is 0 Å². The van der Waals surface area contributed by atoms with Gasteiger partial charge in [-0.3, -0.25) is 4.79 Å². The molecule has 0 aliphatic heterocycles. The van der Waals surface area contributed by atoms with Gasteiger partial charge in [-0.2, -0.15) is 5.10 Å². The van der Waals surface area contributed by atoms with Crippen LogP contribution in [0.1, 0.15) is 41.0 Å². The number of carbonyl (C=O) groups is 1. The number of rotatable bonds is 6. The summed E-state index contributed by atoms with van der Waals surface area (Å²) in [5.41, 5.74) is 8.93. The first-order chi connectivity index (χ1) is 13.8. The summed E-state index contributed by atoms with van der Waals surface area (Å²) in [6.07, 6.45) is 8.91. The molecule has 0 spiro atoms. The molecule has 2 aromatic heterocycles. The second-order valence-electron chi connectivity index (χ2n) is 7.15. The Hall–Kier alpha value is -3.00. The summed E-state index contributed by atoms with van der Waals surface area (Å²) < 4.78 is 30.1. The van der Waals surface area contributed by atoms with Gasteiger partial charge < -0.3 is 16.0 Å². The fraction of sp³-hybridized carbons (Fsp3) is 0.333. The van der Waals surface area contributed by atoms with E-state index in [2.05, 4.69) is 28.6 Å². The van der Waals surface area contributed by atoms with Gasteiger partial charge in [-0.15, -0.1) is 0 Å². The maximum absolute atomic E-state index is 14.2. The van der Waals surface area contributed by atoms with Crippen molar-refractivity contribution in [3.05, 3.63) is 54.5 Å². The third kappa shape index (κ3) is 4.07. The van der Waals surface area contributed by atoms with Crippen LogP contribution in [0.15, 0.2) is 37.6 Å². The highest BCUT2D eigenvalue weighted by atomic mass is 19.3. The Labute approximate surface area is 168 Å². The monoisotopic (exact) mass is 401 g/mol. The van der Waals surface area contributed by atoms with E-state index < -0.39 is 23.9 Å². The molecular formula is C21H25F2N5O. The molecule has 4 N–H and O–H groups in total. The lowest BCUT2D eigenvalue weighted by Gasteiger charge is -2.36. The number of H-pyrrole nitrogens is 1. The first-order valence-electron chi connectivity index (χ1n) is 9.42. The Morgan fingerprint density at radius 1 is 1.48 bits per heavy atom. The number of alkyl halides is 2. The molecule has 1 amide bonds. The van der Waals surface area contributed by atoms with Gasteiger partial charge >= 0.3 is 0 Å². The highest BCUT2D eigenvalue weighted by Crippen LogP contribution is 2.33. The van der Waals surface area contributed by atoms with E-state index in [-0.39, 0.29) is 12.1 Å². The molecular weight excluding hydrogens is 376 g/mol. The van der Waals surface area contributed by atoms with Crippen molar-refractivity contribution in [2.75, 3.05) is 0 Å². The molecule has 1 aliphatic carbocycles. The van der Waals surface area contributed by atoms with Gasteiger partial charge in [0.05, 0.1) is 11.9 Å². The van der Waals surface area contributed by atoms with Crippen molar-refractivity contribution in [2.24, 2.45) is 5.73 Å². The minimum Gasteiger partial charge on any atom is -0.350 e. The van der Waals surface area contributed by atoms with E-state index in [0.29, 0.717) is 24.1 Å². The summed E-state index contributed by atoms with van der Waals surface area (Å²) >= 11 is 0. The molecule has 0 radical (unpaired) electrons. The summed E-state index contributed by atoms with van der Waals surface area (Å²) in [6.45, 7) is 9.29. The molecule has 3 rings (SSSR count). The van der Waals surface area contributed by atoms with Crippen molar-refractivity contribution in [1.82, 2.24) is 20.1 Å². The molecule has 29 heavy (non-hydrogen) atoms. The molecule has 1 saturated carbocycles. The Kier molecular flexibility index (Phi) is 5.83. The molecule has 0 saturated heterocycles. The molecule has 2 aromatic rings. The lowest BCUT2D eigenvalue weighted by molar-refractivity contribution is -0.0674.